The van der Waals surface area contributed by atoms with Gasteiger partial charge in [-0.2, -0.15) is 4.98 Å². The summed E-state index contributed by atoms with van der Waals surface area (Å²) in [7, 11) is 0. The molecule has 7 heteroatoms. The first-order valence-electron chi connectivity index (χ1n) is 6.51. The second-order valence-corrected chi connectivity index (χ2v) is 6.03. The summed E-state index contributed by atoms with van der Waals surface area (Å²) in [6.07, 6.45) is 6.11. The summed E-state index contributed by atoms with van der Waals surface area (Å²) in [5.74, 6) is 1.57. The summed E-state index contributed by atoms with van der Waals surface area (Å²) in [4.78, 5) is 15.6. The third-order valence-corrected chi connectivity index (χ3v) is 4.19. The van der Waals surface area contributed by atoms with Gasteiger partial charge in [0.15, 0.2) is 11.0 Å². The van der Waals surface area contributed by atoms with E-state index in [1.807, 2.05) is 6.07 Å². The molecule has 0 saturated heterocycles. The zero-order chi connectivity index (χ0) is 14.8. The van der Waals surface area contributed by atoms with Crippen LogP contribution in [0.15, 0.2) is 22.4 Å². The van der Waals surface area contributed by atoms with E-state index in [4.69, 9.17) is 11.6 Å². The van der Waals surface area contributed by atoms with Crippen LogP contribution in [0.1, 0.15) is 24.6 Å². The number of pyridine rings is 1. The molecular weight excluding hydrogens is 308 g/mol. The molecule has 3 heterocycles. The largest absolute Gasteiger partial charge is 0.492 e. The topological polar surface area (TPSA) is 74.2 Å². The van der Waals surface area contributed by atoms with Gasteiger partial charge in [-0.15, -0.1) is 0 Å². The van der Waals surface area contributed by atoms with Crippen LogP contribution in [0.4, 0.5) is 5.82 Å². The van der Waals surface area contributed by atoms with E-state index >= 15 is 0 Å². The van der Waals surface area contributed by atoms with E-state index in [-0.39, 0.29) is 5.88 Å². The minimum atomic E-state index is -0.0158. The lowest BCUT2D eigenvalue weighted by molar-refractivity contribution is 0.453. The maximum absolute atomic E-state index is 9.91. The number of nitrogens with zero attached hydrogens (tertiary/aromatic N) is 3. The Hall–Kier alpha value is -1.79. The van der Waals surface area contributed by atoms with Gasteiger partial charge in [-0.05, 0) is 18.6 Å². The van der Waals surface area contributed by atoms with E-state index in [2.05, 4.69) is 26.9 Å². The average molecular weight is 321 g/mol. The highest BCUT2D eigenvalue weighted by Crippen LogP contribution is 2.33. The molecule has 0 spiro atoms. The van der Waals surface area contributed by atoms with Crippen molar-refractivity contribution >= 4 is 47.0 Å². The molecule has 0 bridgehead atoms. The third-order valence-electron chi connectivity index (χ3n) is 2.90. The van der Waals surface area contributed by atoms with Crippen molar-refractivity contribution in [2.24, 2.45) is 4.99 Å². The average Bonchev–Trinajstić information content (AvgIpc) is 3.01. The molecule has 3 rings (SSSR count). The normalized spacial score (nSPS) is 14.9. The van der Waals surface area contributed by atoms with E-state index in [1.54, 1.807) is 30.2 Å². The van der Waals surface area contributed by atoms with Crippen LogP contribution >= 0.6 is 23.4 Å². The number of fused-ring (bicyclic) bond motifs is 1. The van der Waals surface area contributed by atoms with Crippen LogP contribution in [-0.2, 0) is 0 Å². The van der Waals surface area contributed by atoms with Crippen LogP contribution in [0.25, 0.3) is 11.6 Å². The van der Waals surface area contributed by atoms with E-state index in [1.165, 1.54) is 0 Å². The Labute approximate surface area is 131 Å². The van der Waals surface area contributed by atoms with Crippen LogP contribution in [0.3, 0.4) is 0 Å². The summed E-state index contributed by atoms with van der Waals surface area (Å²) in [5, 5.41) is 11.2. The predicted molar refractivity (Wildman–Crippen MR) is 86.5 cm³/mol. The molecule has 108 valence electrons. The first kappa shape index (κ1) is 14.2. The molecule has 1 aliphatic rings. The van der Waals surface area contributed by atoms with E-state index in [0.717, 1.165) is 23.3 Å². The van der Waals surface area contributed by atoms with E-state index < -0.39 is 0 Å². The van der Waals surface area contributed by atoms with Gasteiger partial charge < -0.3 is 10.1 Å². The molecule has 0 amide bonds. The second kappa shape index (κ2) is 5.91. The van der Waals surface area contributed by atoms with Gasteiger partial charge in [0.25, 0.3) is 0 Å². The number of halogens is 1. The fraction of sp³-hybridized carbons (Fsp3) is 0.214. The van der Waals surface area contributed by atoms with Crippen LogP contribution in [0.2, 0.25) is 5.02 Å². The highest BCUT2D eigenvalue weighted by molar-refractivity contribution is 7.99. The summed E-state index contributed by atoms with van der Waals surface area (Å²) in [6.45, 7) is 2.10. The van der Waals surface area contributed by atoms with Gasteiger partial charge in [0, 0.05) is 29.3 Å². The van der Waals surface area contributed by atoms with Crippen molar-refractivity contribution < 1.29 is 5.11 Å². The molecule has 0 atom stereocenters. The van der Waals surface area contributed by atoms with Gasteiger partial charge in [0.05, 0.1) is 5.02 Å². The van der Waals surface area contributed by atoms with Crippen LogP contribution in [-0.4, -0.2) is 32.0 Å². The maximum Gasteiger partial charge on any atom is 0.237 e. The first-order valence-corrected chi connectivity index (χ1v) is 7.87. The Morgan fingerprint density at radius 1 is 1.48 bits per heavy atom. The molecule has 0 unspecified atom stereocenters. The lowest BCUT2D eigenvalue weighted by atomic mass is 10.1. The number of rotatable bonds is 4. The number of hydrogen-bond donors (Lipinski definition) is 2. The first-order chi connectivity index (χ1) is 10.2. The van der Waals surface area contributed by atoms with Crippen LogP contribution in [0.5, 0.6) is 5.88 Å². The molecule has 1 aliphatic heterocycles. The van der Waals surface area contributed by atoms with Crippen molar-refractivity contribution in [3.8, 4) is 5.88 Å². The minimum Gasteiger partial charge on any atom is -0.492 e. The number of aromatic amines is 1. The molecule has 2 aromatic heterocycles. The fourth-order valence-corrected chi connectivity index (χ4v) is 2.83. The van der Waals surface area contributed by atoms with Crippen molar-refractivity contribution in [2.45, 2.75) is 18.5 Å². The molecule has 2 N–H and O–H groups in total. The number of thioether (sulfide) groups is 1. The number of aliphatic imine (C=N–C) groups is 1. The zero-order valence-electron chi connectivity index (χ0n) is 11.3. The van der Waals surface area contributed by atoms with Crippen molar-refractivity contribution in [2.75, 3.05) is 5.75 Å². The number of nitrogens with one attached hydrogen (secondary N) is 1. The Bertz CT molecular complexity index is 739. The molecule has 0 saturated carbocycles. The van der Waals surface area contributed by atoms with Gasteiger partial charge in [0.2, 0.25) is 5.88 Å². The smallest absolute Gasteiger partial charge is 0.237 e. The molecule has 5 nitrogen and oxygen atoms in total. The van der Waals surface area contributed by atoms with Crippen molar-refractivity contribution in [1.29, 1.82) is 0 Å². The van der Waals surface area contributed by atoms with Gasteiger partial charge >= 0.3 is 0 Å². The number of hydrogen-bond acceptors (Lipinski definition) is 5. The van der Waals surface area contributed by atoms with Crippen molar-refractivity contribution in [3.63, 3.8) is 0 Å². The van der Waals surface area contributed by atoms with Gasteiger partial charge in [-0.25, -0.2) is 9.98 Å². The van der Waals surface area contributed by atoms with Gasteiger partial charge in [-0.1, -0.05) is 30.3 Å². The van der Waals surface area contributed by atoms with Gasteiger partial charge in [0.1, 0.15) is 5.69 Å². The predicted octanol–water partition coefficient (Wildman–Crippen LogP) is 3.92. The molecule has 21 heavy (non-hydrogen) atoms. The van der Waals surface area contributed by atoms with Crippen molar-refractivity contribution in [3.05, 3.63) is 28.5 Å². The quantitative estimate of drug-likeness (QED) is 0.837. The Morgan fingerprint density at radius 3 is 3.14 bits per heavy atom. The highest BCUT2D eigenvalue weighted by Gasteiger charge is 2.16. The summed E-state index contributed by atoms with van der Waals surface area (Å²) in [6, 6.07) is 1.81. The van der Waals surface area contributed by atoms with Crippen LogP contribution in [0, 0.1) is 0 Å². The minimum absolute atomic E-state index is 0.0158. The zero-order valence-corrected chi connectivity index (χ0v) is 12.9. The maximum atomic E-state index is 9.91. The third kappa shape index (κ3) is 2.96. The molecule has 2 aromatic rings. The van der Waals surface area contributed by atoms with Crippen LogP contribution < -0.4 is 0 Å². The molecular formula is C14H13ClN4OS. The Balaban J connectivity index is 1.92. The second-order valence-electron chi connectivity index (χ2n) is 4.51. The lowest BCUT2D eigenvalue weighted by Gasteiger charge is -1.99. The van der Waals surface area contributed by atoms with E-state index in [0.29, 0.717) is 21.7 Å². The van der Waals surface area contributed by atoms with E-state index in [9.17, 15) is 5.11 Å². The number of aromatic hydroxyl groups is 1. The van der Waals surface area contributed by atoms with Crippen molar-refractivity contribution in [1.82, 2.24) is 15.0 Å². The summed E-state index contributed by atoms with van der Waals surface area (Å²) in [5.41, 5.74) is 2.24. The van der Waals surface area contributed by atoms with Gasteiger partial charge in [-0.3, -0.25) is 0 Å². The number of H-pyrrole nitrogens is 1. The lowest BCUT2D eigenvalue weighted by Crippen LogP contribution is -1.84. The molecule has 0 fully saturated rings. The number of aromatic nitrogens is 3. The molecule has 0 radical (unpaired) electrons. The summed E-state index contributed by atoms with van der Waals surface area (Å²) < 4.78 is 0. The Kier molecular flexibility index (Phi) is 3.98. The standard InChI is InChI=1S/C14H13ClN4OS/c1-2-3-21-14-18-11(13(20)19-14)4-8-6-16-12-10(8)5-9(15)7-17-12/h4-7,20H,2-3H2,1H3,(H,18,19)/b8-4-. The number of allylic oxidation sites excluding steroid dienone is 1. The highest BCUT2D eigenvalue weighted by atomic mass is 35.5. The number of imidazole rings is 1. The molecule has 0 aromatic carbocycles. The SMILES string of the molecule is CCCSc1nc(O)c(/C=C2/C=Nc3ncc(Cl)cc32)[nH]1. The molecule has 0 aliphatic carbocycles. The Morgan fingerprint density at radius 2 is 2.33 bits per heavy atom. The summed E-state index contributed by atoms with van der Waals surface area (Å²) >= 11 is 7.54. The monoisotopic (exact) mass is 320 g/mol. The fourth-order valence-electron chi connectivity index (χ4n) is 1.94.